The molecular weight excluding hydrogens is 410 g/mol. The Hall–Kier alpha value is -2.40. The summed E-state index contributed by atoms with van der Waals surface area (Å²) in [6, 6.07) is 7.94. The average molecular weight is 430 g/mol. The van der Waals surface area contributed by atoms with E-state index in [4.69, 9.17) is 4.74 Å². The Kier molecular flexibility index (Phi) is 6.83. The summed E-state index contributed by atoms with van der Waals surface area (Å²) in [6.45, 7) is 3.26. The number of phenols is 1. The number of nitro groups is 1. The molecule has 1 fully saturated rings. The number of piperazine rings is 1. The summed E-state index contributed by atoms with van der Waals surface area (Å²) in [5.74, 6) is 0.167. The summed E-state index contributed by atoms with van der Waals surface area (Å²) in [7, 11) is -3.99. The van der Waals surface area contributed by atoms with E-state index in [9.17, 15) is 23.6 Å². The molecule has 1 aliphatic heterocycles. The lowest BCUT2D eigenvalue weighted by Crippen LogP contribution is -2.46. The van der Waals surface area contributed by atoms with Crippen molar-refractivity contribution in [2.75, 3.05) is 26.2 Å². The lowest BCUT2D eigenvalue weighted by Gasteiger charge is -2.27. The third-order valence-corrected chi connectivity index (χ3v) is 6.02. The average Bonchev–Trinajstić information content (AvgIpc) is 2.61. The van der Waals surface area contributed by atoms with E-state index in [1.807, 2.05) is 0 Å². The third kappa shape index (κ3) is 4.71. The van der Waals surface area contributed by atoms with Crippen LogP contribution in [0.25, 0.3) is 0 Å². The van der Waals surface area contributed by atoms with Gasteiger partial charge in [-0.3, -0.25) is 10.1 Å². The number of ether oxygens (including phenoxy) is 1. The molecule has 11 heteroatoms. The van der Waals surface area contributed by atoms with Crippen LogP contribution in [0.15, 0.2) is 41.3 Å². The minimum atomic E-state index is -3.99. The fraction of sp³-hybridized carbons (Fsp3) is 0.294. The van der Waals surface area contributed by atoms with Crippen molar-refractivity contribution < 1.29 is 23.2 Å². The molecule has 3 rings (SSSR count). The van der Waals surface area contributed by atoms with Gasteiger partial charge in [-0.2, -0.15) is 4.31 Å². The number of hydrogen-bond donors (Lipinski definition) is 2. The van der Waals surface area contributed by atoms with E-state index < -0.39 is 14.9 Å². The number of halogens is 1. The van der Waals surface area contributed by atoms with Crippen LogP contribution in [0, 0.1) is 17.0 Å². The van der Waals surface area contributed by atoms with Crippen LogP contribution in [0.4, 0.5) is 5.69 Å². The van der Waals surface area contributed by atoms with E-state index in [1.54, 1.807) is 13.0 Å². The SMILES string of the molecule is Cc1cc(O)cc(Oc2ccc([N+](=O)[O-])cc2S(=O)(=O)N2CCNCC2)c1.Cl. The first-order chi connectivity index (χ1) is 12.8. The highest BCUT2D eigenvalue weighted by Crippen LogP contribution is 2.35. The maximum Gasteiger partial charge on any atom is 0.271 e. The Morgan fingerprint density at radius 1 is 1.18 bits per heavy atom. The molecule has 28 heavy (non-hydrogen) atoms. The number of nitrogens with zero attached hydrogens (tertiary/aromatic N) is 2. The minimum Gasteiger partial charge on any atom is -0.508 e. The fourth-order valence-electron chi connectivity index (χ4n) is 2.83. The summed E-state index contributed by atoms with van der Waals surface area (Å²) >= 11 is 0. The number of hydrogen-bond acceptors (Lipinski definition) is 7. The molecular formula is C17H20ClN3O6S. The molecule has 1 heterocycles. The first-order valence-corrected chi connectivity index (χ1v) is 9.69. The Bertz CT molecular complexity index is 957. The second-order valence-corrected chi connectivity index (χ2v) is 8.05. The van der Waals surface area contributed by atoms with Crippen LogP contribution in [0.3, 0.4) is 0 Å². The zero-order valence-corrected chi connectivity index (χ0v) is 16.6. The summed E-state index contributed by atoms with van der Waals surface area (Å²) in [5, 5.41) is 23.9. The highest BCUT2D eigenvalue weighted by atomic mass is 35.5. The van der Waals surface area contributed by atoms with E-state index in [2.05, 4.69) is 5.32 Å². The molecule has 0 spiro atoms. The number of phenolic OH excluding ortho intramolecular Hbond substituents is 1. The van der Waals surface area contributed by atoms with E-state index >= 15 is 0 Å². The van der Waals surface area contributed by atoms with Crippen LogP contribution in [0.1, 0.15) is 5.56 Å². The molecule has 0 atom stereocenters. The van der Waals surface area contributed by atoms with E-state index in [-0.39, 0.29) is 53.3 Å². The van der Waals surface area contributed by atoms with E-state index in [0.717, 1.165) is 11.6 Å². The smallest absolute Gasteiger partial charge is 0.271 e. The highest BCUT2D eigenvalue weighted by molar-refractivity contribution is 7.89. The molecule has 0 saturated carbocycles. The van der Waals surface area contributed by atoms with Gasteiger partial charge in [0.05, 0.1) is 4.92 Å². The van der Waals surface area contributed by atoms with Crippen molar-refractivity contribution in [3.05, 3.63) is 52.1 Å². The Balaban J connectivity index is 0.00000280. The maximum atomic E-state index is 13.1. The number of aryl methyl sites for hydroxylation is 1. The molecule has 0 radical (unpaired) electrons. The predicted octanol–water partition coefficient (Wildman–Crippen LogP) is 2.42. The first kappa shape index (κ1) is 21.9. The number of non-ortho nitro benzene ring substituents is 1. The van der Waals surface area contributed by atoms with Gasteiger partial charge in [0.2, 0.25) is 10.0 Å². The van der Waals surface area contributed by atoms with Crippen LogP contribution in [-0.2, 0) is 10.0 Å². The standard InChI is InChI=1S/C17H19N3O6S.ClH/c1-12-8-14(21)11-15(9-12)26-16-3-2-13(20(22)23)10-17(16)27(24,25)19-6-4-18-5-7-19;/h2-3,8-11,18,21H,4-7H2,1H3;1H. The first-order valence-electron chi connectivity index (χ1n) is 8.25. The Morgan fingerprint density at radius 2 is 1.86 bits per heavy atom. The van der Waals surface area contributed by atoms with Crippen LogP contribution >= 0.6 is 12.4 Å². The van der Waals surface area contributed by atoms with Gasteiger partial charge in [0.25, 0.3) is 5.69 Å². The molecule has 9 nitrogen and oxygen atoms in total. The van der Waals surface area contributed by atoms with Crippen LogP contribution in [-0.4, -0.2) is 48.9 Å². The number of nitrogens with one attached hydrogen (secondary N) is 1. The third-order valence-electron chi connectivity index (χ3n) is 4.10. The van der Waals surface area contributed by atoms with Gasteiger partial charge in [0, 0.05) is 44.4 Å². The number of sulfonamides is 1. The zero-order chi connectivity index (χ0) is 19.6. The fourth-order valence-corrected chi connectivity index (χ4v) is 4.41. The van der Waals surface area contributed by atoms with Crippen molar-refractivity contribution in [3.63, 3.8) is 0 Å². The largest absolute Gasteiger partial charge is 0.508 e. The van der Waals surface area contributed by atoms with Crippen molar-refractivity contribution >= 4 is 28.1 Å². The van der Waals surface area contributed by atoms with Crippen molar-refractivity contribution in [2.24, 2.45) is 0 Å². The molecule has 2 aromatic carbocycles. The summed E-state index contributed by atoms with van der Waals surface area (Å²) in [6.07, 6.45) is 0. The summed E-state index contributed by atoms with van der Waals surface area (Å²) in [4.78, 5) is 10.2. The van der Waals surface area contributed by atoms with Crippen molar-refractivity contribution in [1.82, 2.24) is 9.62 Å². The monoisotopic (exact) mass is 429 g/mol. The lowest BCUT2D eigenvalue weighted by molar-refractivity contribution is -0.385. The van der Waals surface area contributed by atoms with Crippen LogP contribution in [0.2, 0.25) is 0 Å². The molecule has 1 saturated heterocycles. The van der Waals surface area contributed by atoms with Gasteiger partial charge in [-0.15, -0.1) is 12.4 Å². The van der Waals surface area contributed by atoms with Gasteiger partial charge >= 0.3 is 0 Å². The summed E-state index contributed by atoms with van der Waals surface area (Å²) in [5.41, 5.74) is 0.376. The molecule has 2 aromatic rings. The van der Waals surface area contributed by atoms with Gasteiger partial charge in [0.15, 0.2) is 0 Å². The highest BCUT2D eigenvalue weighted by Gasteiger charge is 2.31. The van der Waals surface area contributed by atoms with Gasteiger partial charge in [-0.1, -0.05) is 0 Å². The molecule has 2 N–H and O–H groups in total. The number of rotatable bonds is 5. The van der Waals surface area contributed by atoms with Crippen LogP contribution < -0.4 is 10.1 Å². The molecule has 0 aromatic heterocycles. The van der Waals surface area contributed by atoms with Crippen molar-refractivity contribution in [3.8, 4) is 17.2 Å². The molecule has 0 amide bonds. The molecule has 0 aliphatic carbocycles. The molecule has 0 unspecified atom stereocenters. The lowest BCUT2D eigenvalue weighted by atomic mass is 10.2. The molecule has 1 aliphatic rings. The number of benzene rings is 2. The topological polar surface area (TPSA) is 122 Å². The Morgan fingerprint density at radius 3 is 2.46 bits per heavy atom. The second-order valence-electron chi connectivity index (χ2n) is 6.15. The van der Waals surface area contributed by atoms with Gasteiger partial charge in [-0.25, -0.2) is 8.42 Å². The Labute approximate surface area is 168 Å². The normalized spacial score (nSPS) is 14.9. The van der Waals surface area contributed by atoms with Gasteiger partial charge in [-0.05, 0) is 30.7 Å². The maximum absolute atomic E-state index is 13.1. The number of aromatic hydroxyl groups is 1. The van der Waals surface area contributed by atoms with Crippen molar-refractivity contribution in [2.45, 2.75) is 11.8 Å². The van der Waals surface area contributed by atoms with E-state index in [0.29, 0.717) is 13.1 Å². The van der Waals surface area contributed by atoms with Gasteiger partial charge < -0.3 is 15.2 Å². The van der Waals surface area contributed by atoms with Crippen LogP contribution in [0.5, 0.6) is 17.2 Å². The van der Waals surface area contributed by atoms with Gasteiger partial charge in [0.1, 0.15) is 22.1 Å². The predicted molar refractivity (Wildman–Crippen MR) is 105 cm³/mol. The quantitative estimate of drug-likeness (QED) is 0.552. The zero-order valence-electron chi connectivity index (χ0n) is 15.0. The van der Waals surface area contributed by atoms with Crippen molar-refractivity contribution in [1.29, 1.82) is 0 Å². The molecule has 0 bridgehead atoms. The van der Waals surface area contributed by atoms with E-state index in [1.165, 1.54) is 28.6 Å². The number of nitro benzene ring substituents is 1. The second kappa shape index (κ2) is 8.74. The molecule has 152 valence electrons. The minimum absolute atomic E-state index is 0. The summed E-state index contributed by atoms with van der Waals surface area (Å²) < 4.78 is 33.1.